The third kappa shape index (κ3) is 3.11. The van der Waals surface area contributed by atoms with Crippen LogP contribution in [0, 0.1) is 34.5 Å². The first-order valence-electron chi connectivity index (χ1n) is 12.0. The number of hydrogen-bond acceptors (Lipinski definition) is 7. The van der Waals surface area contributed by atoms with Gasteiger partial charge in [0.2, 0.25) is 5.79 Å². The third-order valence-electron chi connectivity index (χ3n) is 9.54. The quantitative estimate of drug-likeness (QED) is 0.666. The lowest BCUT2D eigenvalue weighted by Crippen LogP contribution is -2.59. The van der Waals surface area contributed by atoms with Crippen LogP contribution in [0.25, 0.3) is 0 Å². The van der Waals surface area contributed by atoms with Gasteiger partial charge >= 0.3 is 11.9 Å². The highest BCUT2D eigenvalue weighted by Gasteiger charge is 2.71. The molecule has 7 nitrogen and oxygen atoms in total. The first-order valence-corrected chi connectivity index (χ1v) is 12.0. The second-order valence-electron chi connectivity index (χ2n) is 11.0. The number of rotatable bonds is 3. The SMILES string of the molecule is CC(=O)OCC1(O)OC[C@]23C[C@H](OC(C)=O)[C@H]4[C@@H](CCC5=CC(=O)CC[C@@]54C)[C@@H]2CC[C@H]13. The van der Waals surface area contributed by atoms with Crippen LogP contribution in [0.2, 0.25) is 0 Å². The summed E-state index contributed by atoms with van der Waals surface area (Å²) in [5.41, 5.74) is 0.772. The fraction of sp³-hybridized carbons (Fsp3) is 0.800. The van der Waals surface area contributed by atoms with Crippen molar-refractivity contribution >= 4 is 17.7 Å². The van der Waals surface area contributed by atoms with Gasteiger partial charge in [-0.25, -0.2) is 0 Å². The van der Waals surface area contributed by atoms with Gasteiger partial charge < -0.3 is 19.3 Å². The van der Waals surface area contributed by atoms with Gasteiger partial charge in [0.05, 0.1) is 6.61 Å². The molecule has 0 radical (unpaired) electrons. The Morgan fingerprint density at radius 1 is 1.19 bits per heavy atom. The number of fused-ring (bicyclic) bond motifs is 4. The molecule has 32 heavy (non-hydrogen) atoms. The van der Waals surface area contributed by atoms with Crippen LogP contribution >= 0.6 is 0 Å². The van der Waals surface area contributed by atoms with Gasteiger partial charge in [-0.2, -0.15) is 0 Å². The van der Waals surface area contributed by atoms with Crippen molar-refractivity contribution in [1.82, 2.24) is 0 Å². The van der Waals surface area contributed by atoms with Crippen molar-refractivity contribution in [3.63, 3.8) is 0 Å². The predicted molar refractivity (Wildman–Crippen MR) is 113 cm³/mol. The Morgan fingerprint density at radius 2 is 1.97 bits per heavy atom. The lowest BCUT2D eigenvalue weighted by molar-refractivity contribution is -0.225. The van der Waals surface area contributed by atoms with E-state index in [1.165, 1.54) is 19.4 Å². The molecule has 1 heterocycles. The molecule has 0 aromatic carbocycles. The minimum atomic E-state index is -1.49. The van der Waals surface area contributed by atoms with Crippen LogP contribution < -0.4 is 0 Å². The Balaban J connectivity index is 1.52. The van der Waals surface area contributed by atoms with Crippen molar-refractivity contribution in [3.05, 3.63) is 11.6 Å². The summed E-state index contributed by atoms with van der Waals surface area (Å²) >= 11 is 0. The van der Waals surface area contributed by atoms with E-state index in [4.69, 9.17) is 14.2 Å². The van der Waals surface area contributed by atoms with Gasteiger partial charge in [0, 0.05) is 37.5 Å². The molecule has 0 aromatic heterocycles. The average molecular weight is 447 g/mol. The summed E-state index contributed by atoms with van der Waals surface area (Å²) in [4.78, 5) is 35.7. The van der Waals surface area contributed by atoms with Gasteiger partial charge in [0.1, 0.15) is 12.7 Å². The highest BCUT2D eigenvalue weighted by atomic mass is 16.7. The monoisotopic (exact) mass is 446 g/mol. The number of allylic oxidation sites excluding steroid dienone is 1. The Labute approximate surface area is 188 Å². The lowest BCUT2D eigenvalue weighted by Gasteiger charge is -2.60. The molecule has 4 aliphatic carbocycles. The van der Waals surface area contributed by atoms with Gasteiger partial charge in [-0.1, -0.05) is 12.5 Å². The largest absolute Gasteiger partial charge is 0.462 e. The number of carbonyl (C=O) groups excluding carboxylic acids is 3. The molecule has 176 valence electrons. The highest BCUT2D eigenvalue weighted by molar-refractivity contribution is 5.91. The summed E-state index contributed by atoms with van der Waals surface area (Å²) in [6.45, 7) is 5.26. The zero-order valence-corrected chi connectivity index (χ0v) is 19.2. The van der Waals surface area contributed by atoms with E-state index in [0.29, 0.717) is 31.3 Å². The zero-order valence-electron chi connectivity index (χ0n) is 19.2. The van der Waals surface area contributed by atoms with E-state index in [1.54, 1.807) is 0 Å². The molecule has 8 atom stereocenters. The minimum Gasteiger partial charge on any atom is -0.462 e. The molecule has 3 saturated carbocycles. The maximum atomic E-state index is 12.2. The van der Waals surface area contributed by atoms with Crippen molar-refractivity contribution in [2.24, 2.45) is 34.5 Å². The van der Waals surface area contributed by atoms with Crippen molar-refractivity contribution in [2.45, 2.75) is 77.6 Å². The van der Waals surface area contributed by atoms with Crippen LogP contribution in [-0.4, -0.2) is 47.9 Å². The van der Waals surface area contributed by atoms with Crippen molar-refractivity contribution in [1.29, 1.82) is 0 Å². The first kappa shape index (κ1) is 22.1. The van der Waals surface area contributed by atoms with Crippen molar-refractivity contribution < 1.29 is 33.7 Å². The summed E-state index contributed by atoms with van der Waals surface area (Å²) in [5.74, 6) is -1.32. The molecular formula is C25H34O7. The molecule has 7 heteroatoms. The van der Waals surface area contributed by atoms with E-state index in [1.807, 2.05) is 6.08 Å². The Bertz CT molecular complexity index is 880. The molecule has 1 N–H and O–H groups in total. The highest BCUT2D eigenvalue weighted by Crippen LogP contribution is 2.70. The molecule has 5 aliphatic rings. The molecule has 1 aliphatic heterocycles. The van der Waals surface area contributed by atoms with Gasteiger partial charge in [0.25, 0.3) is 0 Å². The van der Waals surface area contributed by atoms with Gasteiger partial charge in [-0.15, -0.1) is 0 Å². The fourth-order valence-electron chi connectivity index (χ4n) is 8.42. The van der Waals surface area contributed by atoms with E-state index < -0.39 is 11.8 Å². The molecule has 0 amide bonds. The first-order chi connectivity index (χ1) is 15.1. The molecule has 1 unspecified atom stereocenters. The number of ketones is 1. The second-order valence-corrected chi connectivity index (χ2v) is 11.0. The van der Waals surface area contributed by atoms with Gasteiger partial charge in [0.15, 0.2) is 5.78 Å². The van der Waals surface area contributed by atoms with Gasteiger partial charge in [-0.3, -0.25) is 14.4 Å². The van der Waals surface area contributed by atoms with E-state index in [9.17, 15) is 19.5 Å². The smallest absolute Gasteiger partial charge is 0.302 e. The summed E-state index contributed by atoms with van der Waals surface area (Å²) < 4.78 is 17.2. The molecular weight excluding hydrogens is 412 g/mol. The van der Waals surface area contributed by atoms with Crippen LogP contribution in [0.15, 0.2) is 11.6 Å². The minimum absolute atomic E-state index is 0.149. The lowest BCUT2D eigenvalue weighted by atomic mass is 9.45. The van der Waals surface area contributed by atoms with Crippen LogP contribution in [-0.2, 0) is 28.6 Å². The summed E-state index contributed by atoms with van der Waals surface area (Å²) in [6, 6.07) is 0. The zero-order chi connectivity index (χ0) is 22.9. The fourth-order valence-corrected chi connectivity index (χ4v) is 8.42. The average Bonchev–Trinajstić information content (AvgIpc) is 3.22. The van der Waals surface area contributed by atoms with Crippen molar-refractivity contribution in [3.8, 4) is 0 Å². The number of aliphatic hydroxyl groups is 1. The standard InChI is InChI=1S/C25H34O7/c1-14(26)30-13-25(29)21-7-6-19-18-5-4-16-10-17(28)8-9-23(16,3)22(18)20(32-15(2)27)11-24(19,21)12-31-25/h10,18-22,29H,4-9,11-13H2,1-3H3/t18-,19-,20-,21-,22+,23-,24+,25?/m0/s1. The maximum Gasteiger partial charge on any atom is 0.302 e. The number of hydrogen-bond donors (Lipinski definition) is 1. The Kier molecular flexibility index (Phi) is 5.10. The van der Waals surface area contributed by atoms with Crippen LogP contribution in [0.5, 0.6) is 0 Å². The molecule has 1 saturated heterocycles. The molecule has 4 fully saturated rings. The van der Waals surface area contributed by atoms with Crippen molar-refractivity contribution in [2.75, 3.05) is 13.2 Å². The number of esters is 2. The summed E-state index contributed by atoms with van der Waals surface area (Å²) in [5, 5.41) is 11.3. The summed E-state index contributed by atoms with van der Waals surface area (Å²) in [6.07, 6.45) is 7.19. The topological polar surface area (TPSA) is 99.1 Å². The number of ether oxygens (including phenoxy) is 3. The van der Waals surface area contributed by atoms with E-state index in [0.717, 1.165) is 32.1 Å². The third-order valence-corrected chi connectivity index (χ3v) is 9.54. The van der Waals surface area contributed by atoms with E-state index in [-0.39, 0.29) is 47.1 Å². The van der Waals surface area contributed by atoms with Crippen LogP contribution in [0.3, 0.4) is 0 Å². The second kappa shape index (κ2) is 7.39. The molecule has 0 aromatic rings. The van der Waals surface area contributed by atoms with Crippen LogP contribution in [0.4, 0.5) is 0 Å². The number of carbonyl (C=O) groups is 3. The Morgan fingerprint density at radius 3 is 2.69 bits per heavy atom. The predicted octanol–water partition coefficient (Wildman–Crippen LogP) is 2.94. The maximum absolute atomic E-state index is 12.2. The molecule has 1 spiro atoms. The summed E-state index contributed by atoms with van der Waals surface area (Å²) in [7, 11) is 0. The van der Waals surface area contributed by atoms with Crippen LogP contribution in [0.1, 0.15) is 65.7 Å². The Hall–Kier alpha value is -1.73. The normalized spacial score (nSPS) is 46.9. The van der Waals surface area contributed by atoms with E-state index in [2.05, 4.69) is 6.92 Å². The van der Waals surface area contributed by atoms with E-state index >= 15 is 0 Å². The molecule has 5 rings (SSSR count). The van der Waals surface area contributed by atoms with Gasteiger partial charge in [-0.05, 0) is 61.9 Å². The molecule has 0 bridgehead atoms.